The van der Waals surface area contributed by atoms with Gasteiger partial charge < -0.3 is 14.5 Å². The number of carbonyl (C=O) groups is 1. The normalized spacial score (nSPS) is 19.3. The van der Waals surface area contributed by atoms with Gasteiger partial charge in [-0.05, 0) is 31.9 Å². The van der Waals surface area contributed by atoms with Crippen molar-refractivity contribution in [3.05, 3.63) is 57.6 Å². The fourth-order valence-electron chi connectivity index (χ4n) is 3.86. The van der Waals surface area contributed by atoms with Crippen LogP contribution in [0.15, 0.2) is 29.1 Å². The second kappa shape index (κ2) is 5.73. The quantitative estimate of drug-likeness (QED) is 0.754. The Kier molecular flexibility index (Phi) is 3.43. The van der Waals surface area contributed by atoms with Gasteiger partial charge in [-0.1, -0.05) is 6.07 Å². The molecular formula is C19H18FN5O2. The van der Waals surface area contributed by atoms with Gasteiger partial charge in [-0.2, -0.15) is 0 Å². The van der Waals surface area contributed by atoms with Gasteiger partial charge in [-0.25, -0.2) is 4.39 Å². The number of amides is 1. The van der Waals surface area contributed by atoms with Crippen molar-refractivity contribution in [1.29, 1.82) is 0 Å². The van der Waals surface area contributed by atoms with E-state index in [0.717, 1.165) is 24.5 Å². The second-order valence-electron chi connectivity index (χ2n) is 7.36. The highest BCUT2D eigenvalue weighted by Gasteiger charge is 2.35. The summed E-state index contributed by atoms with van der Waals surface area (Å²) in [5.41, 5.74) is -0.242. The third kappa shape index (κ3) is 2.55. The molecule has 1 amide bonds. The van der Waals surface area contributed by atoms with Crippen molar-refractivity contribution >= 4 is 16.8 Å². The van der Waals surface area contributed by atoms with E-state index in [2.05, 4.69) is 19.7 Å². The summed E-state index contributed by atoms with van der Waals surface area (Å²) in [5.74, 6) is 1.34. The Hall–Kier alpha value is -3.03. The SMILES string of the molecule is C[C@H]1CN(C(=O)c2cc(=O)c3cccc(F)c3[nH]2)Cc2nnc(C3CC3)n21. The maximum Gasteiger partial charge on any atom is 0.270 e. The van der Waals surface area contributed by atoms with Crippen LogP contribution in [0.3, 0.4) is 0 Å². The van der Waals surface area contributed by atoms with Crippen LogP contribution in [0.5, 0.6) is 0 Å². The number of carbonyl (C=O) groups excluding carboxylic acids is 1. The number of halogens is 1. The zero-order valence-corrected chi connectivity index (χ0v) is 14.8. The number of hydrogen-bond acceptors (Lipinski definition) is 4. The Morgan fingerprint density at radius 2 is 2.11 bits per heavy atom. The van der Waals surface area contributed by atoms with Gasteiger partial charge in [-0.15, -0.1) is 10.2 Å². The molecule has 3 aromatic rings. The van der Waals surface area contributed by atoms with E-state index in [-0.39, 0.29) is 34.0 Å². The van der Waals surface area contributed by atoms with Crippen LogP contribution < -0.4 is 5.43 Å². The predicted molar refractivity (Wildman–Crippen MR) is 96.0 cm³/mol. The number of rotatable bonds is 2. The molecule has 1 fully saturated rings. The van der Waals surface area contributed by atoms with Crippen molar-refractivity contribution in [2.24, 2.45) is 0 Å². The Morgan fingerprint density at radius 1 is 1.30 bits per heavy atom. The third-order valence-corrected chi connectivity index (χ3v) is 5.32. The first-order valence-electron chi connectivity index (χ1n) is 9.07. The van der Waals surface area contributed by atoms with Crippen molar-refractivity contribution in [1.82, 2.24) is 24.6 Å². The average Bonchev–Trinajstić information content (AvgIpc) is 3.41. The summed E-state index contributed by atoms with van der Waals surface area (Å²) < 4.78 is 16.2. The third-order valence-electron chi connectivity index (χ3n) is 5.32. The van der Waals surface area contributed by atoms with Gasteiger partial charge in [0, 0.05) is 23.9 Å². The first kappa shape index (κ1) is 16.2. The van der Waals surface area contributed by atoms with Crippen LogP contribution in [0, 0.1) is 5.82 Å². The molecule has 7 nitrogen and oxygen atoms in total. The lowest BCUT2D eigenvalue weighted by Gasteiger charge is -2.32. The number of para-hydroxylation sites is 1. The molecule has 138 valence electrons. The Labute approximate surface area is 153 Å². The number of aromatic amines is 1. The number of fused-ring (bicyclic) bond motifs is 2. The van der Waals surface area contributed by atoms with E-state index in [1.807, 2.05) is 6.92 Å². The van der Waals surface area contributed by atoms with Crippen LogP contribution in [0.2, 0.25) is 0 Å². The van der Waals surface area contributed by atoms with Crippen molar-refractivity contribution in [2.75, 3.05) is 6.54 Å². The number of H-pyrrole nitrogens is 1. The summed E-state index contributed by atoms with van der Waals surface area (Å²) in [6.45, 7) is 2.84. The highest BCUT2D eigenvalue weighted by Crippen LogP contribution is 2.41. The molecule has 2 aromatic heterocycles. The van der Waals surface area contributed by atoms with Crippen molar-refractivity contribution in [2.45, 2.75) is 38.3 Å². The molecule has 1 N–H and O–H groups in total. The van der Waals surface area contributed by atoms with E-state index >= 15 is 0 Å². The van der Waals surface area contributed by atoms with E-state index in [9.17, 15) is 14.0 Å². The van der Waals surface area contributed by atoms with Gasteiger partial charge in [0.05, 0.1) is 18.1 Å². The summed E-state index contributed by atoms with van der Waals surface area (Å²) in [4.78, 5) is 29.7. The van der Waals surface area contributed by atoms with Gasteiger partial charge in [0.15, 0.2) is 11.3 Å². The van der Waals surface area contributed by atoms with E-state index < -0.39 is 5.82 Å². The second-order valence-corrected chi connectivity index (χ2v) is 7.36. The monoisotopic (exact) mass is 367 g/mol. The van der Waals surface area contributed by atoms with Gasteiger partial charge in [0.25, 0.3) is 5.91 Å². The van der Waals surface area contributed by atoms with E-state index in [4.69, 9.17) is 0 Å². The molecule has 8 heteroatoms. The van der Waals surface area contributed by atoms with Crippen LogP contribution in [0.4, 0.5) is 4.39 Å². The lowest BCUT2D eigenvalue weighted by molar-refractivity contribution is 0.0674. The summed E-state index contributed by atoms with van der Waals surface area (Å²) in [7, 11) is 0. The van der Waals surface area contributed by atoms with Crippen LogP contribution in [-0.4, -0.2) is 37.1 Å². The van der Waals surface area contributed by atoms with E-state index in [1.165, 1.54) is 24.3 Å². The number of benzene rings is 1. The lowest BCUT2D eigenvalue weighted by atomic mass is 10.1. The Balaban J connectivity index is 1.50. The fraction of sp³-hybridized carbons (Fsp3) is 0.368. The molecule has 1 aromatic carbocycles. The van der Waals surface area contributed by atoms with E-state index in [0.29, 0.717) is 19.0 Å². The standard InChI is InChI=1S/C19H18FN5O2/c1-10-8-24(9-16-22-23-18(25(10)16)11-5-6-11)19(27)14-7-15(26)12-3-2-4-13(20)17(12)21-14/h2-4,7,10-11H,5-6,8-9H2,1H3,(H,21,26)/t10-/m0/s1. The first-order chi connectivity index (χ1) is 13.0. The maximum absolute atomic E-state index is 14.1. The van der Waals surface area contributed by atoms with Gasteiger partial charge >= 0.3 is 0 Å². The number of nitrogens with one attached hydrogen (secondary N) is 1. The molecule has 1 aliphatic heterocycles. The molecule has 1 saturated carbocycles. The minimum atomic E-state index is -0.555. The molecule has 0 spiro atoms. The summed E-state index contributed by atoms with van der Waals surface area (Å²) in [6, 6.07) is 5.56. The molecule has 5 rings (SSSR count). The maximum atomic E-state index is 14.1. The van der Waals surface area contributed by atoms with E-state index in [1.54, 1.807) is 4.90 Å². The molecule has 2 aliphatic rings. The minimum Gasteiger partial charge on any atom is -0.348 e. The lowest BCUT2D eigenvalue weighted by Crippen LogP contribution is -2.41. The van der Waals surface area contributed by atoms with Crippen molar-refractivity contribution in [3.63, 3.8) is 0 Å². The van der Waals surface area contributed by atoms with Gasteiger partial charge in [0.2, 0.25) is 0 Å². The van der Waals surface area contributed by atoms with Crippen molar-refractivity contribution < 1.29 is 9.18 Å². The first-order valence-corrected chi connectivity index (χ1v) is 9.07. The highest BCUT2D eigenvalue weighted by molar-refractivity contribution is 5.95. The molecule has 0 saturated heterocycles. The zero-order chi connectivity index (χ0) is 18.7. The number of pyridine rings is 1. The smallest absolute Gasteiger partial charge is 0.270 e. The number of nitrogens with zero attached hydrogens (tertiary/aromatic N) is 4. The topological polar surface area (TPSA) is 83.9 Å². The molecular weight excluding hydrogens is 349 g/mol. The zero-order valence-electron chi connectivity index (χ0n) is 14.8. The molecule has 3 heterocycles. The average molecular weight is 367 g/mol. The fourth-order valence-corrected chi connectivity index (χ4v) is 3.86. The highest BCUT2D eigenvalue weighted by atomic mass is 19.1. The minimum absolute atomic E-state index is 0.0483. The summed E-state index contributed by atoms with van der Waals surface area (Å²) in [6.07, 6.45) is 2.27. The summed E-state index contributed by atoms with van der Waals surface area (Å²) in [5, 5.41) is 8.80. The predicted octanol–water partition coefficient (Wildman–Crippen LogP) is 2.35. The Bertz CT molecular complexity index is 1130. The van der Waals surface area contributed by atoms with Gasteiger partial charge in [0.1, 0.15) is 17.3 Å². The van der Waals surface area contributed by atoms with Crippen LogP contribution in [0.1, 0.15) is 53.9 Å². The molecule has 0 unspecified atom stereocenters. The van der Waals surface area contributed by atoms with Crippen LogP contribution in [-0.2, 0) is 6.54 Å². The number of hydrogen-bond donors (Lipinski definition) is 1. The molecule has 0 radical (unpaired) electrons. The molecule has 1 aliphatic carbocycles. The largest absolute Gasteiger partial charge is 0.348 e. The van der Waals surface area contributed by atoms with Crippen LogP contribution in [0.25, 0.3) is 10.9 Å². The van der Waals surface area contributed by atoms with Gasteiger partial charge in [-0.3, -0.25) is 9.59 Å². The molecule has 27 heavy (non-hydrogen) atoms. The Morgan fingerprint density at radius 3 is 2.89 bits per heavy atom. The molecule has 0 bridgehead atoms. The number of aromatic nitrogens is 4. The van der Waals surface area contributed by atoms with Crippen LogP contribution >= 0.6 is 0 Å². The summed E-state index contributed by atoms with van der Waals surface area (Å²) >= 11 is 0. The molecule has 1 atom stereocenters. The van der Waals surface area contributed by atoms with Crippen molar-refractivity contribution in [3.8, 4) is 0 Å².